The second-order valence-electron chi connectivity index (χ2n) is 3.71. The summed E-state index contributed by atoms with van der Waals surface area (Å²) in [6.07, 6.45) is 2.78. The van der Waals surface area contributed by atoms with Gasteiger partial charge in [-0.15, -0.1) is 0 Å². The van der Waals surface area contributed by atoms with Crippen LogP contribution in [0.2, 0.25) is 10.0 Å². The van der Waals surface area contributed by atoms with Crippen LogP contribution in [0.5, 0.6) is 0 Å². The van der Waals surface area contributed by atoms with Gasteiger partial charge in [-0.05, 0) is 23.8 Å². The van der Waals surface area contributed by atoms with Gasteiger partial charge in [-0.2, -0.15) is 0 Å². The largest absolute Gasteiger partial charge is 0.392 e. The molecule has 0 atom stereocenters. The fourth-order valence-electron chi connectivity index (χ4n) is 1.46. The van der Waals surface area contributed by atoms with Crippen LogP contribution >= 0.6 is 23.2 Å². The number of halogens is 2. The number of nitrogens with one attached hydrogen (secondary N) is 1. The van der Waals surface area contributed by atoms with E-state index in [1.54, 1.807) is 6.07 Å². The SMILES string of the molecule is O=S(=O)(Nc1ncccn1)c1cc(Cl)cc(CO)c1Cl. The highest BCUT2D eigenvalue weighted by atomic mass is 35.5. The van der Waals surface area contributed by atoms with Crippen LogP contribution in [0.15, 0.2) is 35.5 Å². The van der Waals surface area contributed by atoms with E-state index < -0.39 is 16.6 Å². The van der Waals surface area contributed by atoms with Gasteiger partial charge in [0.2, 0.25) is 5.95 Å². The van der Waals surface area contributed by atoms with Gasteiger partial charge >= 0.3 is 0 Å². The van der Waals surface area contributed by atoms with E-state index in [9.17, 15) is 8.42 Å². The van der Waals surface area contributed by atoms with Crippen molar-refractivity contribution in [3.63, 3.8) is 0 Å². The molecule has 0 spiro atoms. The third-order valence-corrected chi connectivity index (χ3v) is 4.46. The predicted molar refractivity (Wildman–Crippen MR) is 75.2 cm³/mol. The highest BCUT2D eigenvalue weighted by molar-refractivity contribution is 7.92. The summed E-state index contributed by atoms with van der Waals surface area (Å²) >= 11 is 11.8. The maximum absolute atomic E-state index is 12.2. The quantitative estimate of drug-likeness (QED) is 0.893. The molecule has 0 aliphatic rings. The van der Waals surface area contributed by atoms with E-state index >= 15 is 0 Å². The number of aliphatic hydroxyl groups is 1. The standard InChI is InChI=1S/C11H9Cl2N3O3S/c12-8-4-7(6-17)10(13)9(5-8)20(18,19)16-11-14-2-1-3-15-11/h1-5,17H,6H2,(H,14,15,16). The molecule has 0 bridgehead atoms. The van der Waals surface area contributed by atoms with Crippen LogP contribution in [0.25, 0.3) is 0 Å². The third-order valence-electron chi connectivity index (χ3n) is 2.33. The monoisotopic (exact) mass is 333 g/mol. The van der Waals surface area contributed by atoms with E-state index in [4.69, 9.17) is 28.3 Å². The van der Waals surface area contributed by atoms with Crippen LogP contribution in [0.3, 0.4) is 0 Å². The number of rotatable bonds is 4. The normalized spacial score (nSPS) is 11.3. The number of benzene rings is 1. The fraction of sp³-hybridized carbons (Fsp3) is 0.0909. The average molecular weight is 334 g/mol. The lowest BCUT2D eigenvalue weighted by atomic mass is 10.2. The van der Waals surface area contributed by atoms with Gasteiger partial charge in [-0.3, -0.25) is 0 Å². The smallest absolute Gasteiger partial charge is 0.265 e. The molecule has 106 valence electrons. The summed E-state index contributed by atoms with van der Waals surface area (Å²) < 4.78 is 26.6. The van der Waals surface area contributed by atoms with Crippen molar-refractivity contribution in [2.24, 2.45) is 0 Å². The number of nitrogens with zero attached hydrogens (tertiary/aromatic N) is 2. The lowest BCUT2D eigenvalue weighted by Gasteiger charge is -2.11. The molecule has 0 saturated heterocycles. The van der Waals surface area contributed by atoms with E-state index in [0.29, 0.717) is 0 Å². The van der Waals surface area contributed by atoms with Gasteiger partial charge in [0.05, 0.1) is 11.6 Å². The minimum atomic E-state index is -4.00. The van der Waals surface area contributed by atoms with E-state index in [-0.39, 0.29) is 26.5 Å². The first-order chi connectivity index (χ1) is 9.44. The summed E-state index contributed by atoms with van der Waals surface area (Å²) in [5.41, 5.74) is 0.216. The van der Waals surface area contributed by atoms with Crippen LogP contribution in [0, 0.1) is 0 Å². The Morgan fingerprint density at radius 2 is 1.85 bits per heavy atom. The van der Waals surface area contributed by atoms with Gasteiger partial charge in [-0.25, -0.2) is 23.1 Å². The molecule has 0 unspecified atom stereocenters. The topological polar surface area (TPSA) is 92.2 Å². The number of aliphatic hydroxyl groups excluding tert-OH is 1. The zero-order chi connectivity index (χ0) is 14.8. The molecular weight excluding hydrogens is 325 g/mol. The lowest BCUT2D eigenvalue weighted by Crippen LogP contribution is -2.16. The van der Waals surface area contributed by atoms with E-state index in [1.807, 2.05) is 0 Å². The van der Waals surface area contributed by atoms with Crippen molar-refractivity contribution in [1.82, 2.24) is 9.97 Å². The minimum absolute atomic E-state index is 0.0888. The zero-order valence-electron chi connectivity index (χ0n) is 9.92. The molecule has 1 aromatic heterocycles. The van der Waals surface area contributed by atoms with Gasteiger partial charge < -0.3 is 5.11 Å². The Morgan fingerprint density at radius 1 is 1.20 bits per heavy atom. The first-order valence-electron chi connectivity index (χ1n) is 5.32. The van der Waals surface area contributed by atoms with Gasteiger partial charge in [0.1, 0.15) is 4.90 Å². The molecule has 0 radical (unpaired) electrons. The highest BCUT2D eigenvalue weighted by Gasteiger charge is 2.22. The van der Waals surface area contributed by atoms with E-state index in [0.717, 1.165) is 0 Å². The fourth-order valence-corrected chi connectivity index (χ4v) is 3.34. The highest BCUT2D eigenvalue weighted by Crippen LogP contribution is 2.30. The molecule has 2 N–H and O–H groups in total. The van der Waals surface area contributed by atoms with Gasteiger partial charge in [0.15, 0.2) is 0 Å². The summed E-state index contributed by atoms with van der Waals surface area (Å²) in [4.78, 5) is 7.27. The Kier molecular flexibility index (Phi) is 4.44. The van der Waals surface area contributed by atoms with Crippen molar-refractivity contribution >= 4 is 39.2 Å². The van der Waals surface area contributed by atoms with Crippen molar-refractivity contribution in [3.05, 3.63) is 46.2 Å². The van der Waals surface area contributed by atoms with E-state index in [1.165, 1.54) is 24.5 Å². The van der Waals surface area contributed by atoms with Crippen molar-refractivity contribution in [1.29, 1.82) is 0 Å². The Bertz CT molecular complexity index is 723. The first kappa shape index (κ1) is 15.0. The van der Waals surface area contributed by atoms with Gasteiger partial charge in [0, 0.05) is 17.4 Å². The molecule has 1 heterocycles. The maximum atomic E-state index is 12.2. The van der Waals surface area contributed by atoms with Crippen molar-refractivity contribution in [3.8, 4) is 0 Å². The molecule has 6 nitrogen and oxygen atoms in total. The first-order valence-corrected chi connectivity index (χ1v) is 7.56. The number of hydrogen-bond donors (Lipinski definition) is 2. The number of anilines is 1. The second-order valence-corrected chi connectivity index (χ2v) is 6.18. The molecular formula is C11H9Cl2N3O3S. The molecule has 2 aromatic rings. The van der Waals surface area contributed by atoms with Crippen molar-refractivity contribution in [2.45, 2.75) is 11.5 Å². The summed E-state index contributed by atoms with van der Waals surface area (Å²) in [7, 11) is -4.00. The Hall–Kier alpha value is -1.41. The predicted octanol–water partition coefficient (Wildman–Crippen LogP) is 2.08. The molecule has 0 fully saturated rings. The van der Waals surface area contributed by atoms with Crippen LogP contribution in [-0.2, 0) is 16.6 Å². The molecule has 1 aromatic carbocycles. The number of hydrogen-bond acceptors (Lipinski definition) is 5. The van der Waals surface area contributed by atoms with Gasteiger partial charge in [-0.1, -0.05) is 23.2 Å². The maximum Gasteiger partial charge on any atom is 0.265 e. The minimum Gasteiger partial charge on any atom is -0.392 e. The van der Waals surface area contributed by atoms with Crippen molar-refractivity contribution < 1.29 is 13.5 Å². The van der Waals surface area contributed by atoms with Crippen LogP contribution in [0.1, 0.15) is 5.56 Å². The molecule has 20 heavy (non-hydrogen) atoms. The lowest BCUT2D eigenvalue weighted by molar-refractivity contribution is 0.281. The van der Waals surface area contributed by atoms with E-state index in [2.05, 4.69) is 14.7 Å². The number of aromatic nitrogens is 2. The summed E-state index contributed by atoms with van der Waals surface area (Å²) in [6.45, 7) is -0.427. The second kappa shape index (κ2) is 5.92. The number of sulfonamides is 1. The third kappa shape index (κ3) is 3.18. The molecule has 2 rings (SSSR count). The molecule has 9 heteroatoms. The van der Waals surface area contributed by atoms with Crippen LogP contribution < -0.4 is 4.72 Å². The van der Waals surface area contributed by atoms with Crippen molar-refractivity contribution in [2.75, 3.05) is 4.72 Å². The summed E-state index contributed by atoms with van der Waals surface area (Å²) in [6, 6.07) is 4.13. The average Bonchev–Trinajstić information content (AvgIpc) is 2.41. The Morgan fingerprint density at radius 3 is 2.45 bits per heavy atom. The van der Waals surface area contributed by atoms with Crippen LogP contribution in [0.4, 0.5) is 5.95 Å². The molecule has 0 aliphatic heterocycles. The van der Waals surface area contributed by atoms with Crippen LogP contribution in [-0.4, -0.2) is 23.5 Å². The van der Waals surface area contributed by atoms with Gasteiger partial charge in [0.25, 0.3) is 10.0 Å². The Balaban J connectivity index is 2.47. The summed E-state index contributed by atoms with van der Waals surface area (Å²) in [5, 5.41) is 9.19. The summed E-state index contributed by atoms with van der Waals surface area (Å²) in [5.74, 6) is -0.0888. The molecule has 0 saturated carbocycles. The molecule has 0 aliphatic carbocycles. The zero-order valence-corrected chi connectivity index (χ0v) is 12.2. The Labute approximate surface area is 125 Å². The molecule has 0 amide bonds.